The highest BCUT2D eigenvalue weighted by molar-refractivity contribution is 6.40. The molecule has 196 valence electrons. The first-order chi connectivity index (χ1) is 19.2. The molecular weight excluding hydrogens is 523 g/mol. The van der Waals surface area contributed by atoms with Crippen molar-refractivity contribution in [1.82, 2.24) is 0 Å². The second-order valence-corrected chi connectivity index (χ2v) is 9.10. The zero-order chi connectivity index (χ0) is 27.7. The summed E-state index contributed by atoms with van der Waals surface area (Å²) in [6, 6.07) is 37.5. The predicted octanol–water partition coefficient (Wildman–Crippen LogP) is 7.58. The van der Waals surface area contributed by atoms with Gasteiger partial charge in [0.25, 0.3) is 0 Å². The van der Waals surface area contributed by atoms with Gasteiger partial charge in [0, 0.05) is 24.0 Å². The Kier molecular flexibility index (Phi) is 12.9. The highest BCUT2D eigenvalue weighted by Crippen LogP contribution is 2.36. The molecule has 4 aromatic rings. The van der Waals surface area contributed by atoms with Crippen molar-refractivity contribution in [2.75, 3.05) is 18.6 Å². The number of halogens is 2. The van der Waals surface area contributed by atoms with E-state index in [0.29, 0.717) is 12.8 Å². The van der Waals surface area contributed by atoms with Crippen LogP contribution in [0.5, 0.6) is 0 Å². The molecule has 0 aliphatic rings. The van der Waals surface area contributed by atoms with E-state index in [1.54, 1.807) is 0 Å². The van der Waals surface area contributed by atoms with Crippen LogP contribution in [-0.4, -0.2) is 28.8 Å². The molecular formula is C35H30Cl2O2. The van der Waals surface area contributed by atoms with Crippen LogP contribution >= 0.6 is 23.2 Å². The molecule has 39 heavy (non-hydrogen) atoms. The first kappa shape index (κ1) is 29.8. The van der Waals surface area contributed by atoms with Crippen LogP contribution in [0.1, 0.15) is 46.2 Å². The van der Waals surface area contributed by atoms with Crippen LogP contribution in [0, 0.1) is 23.7 Å². The van der Waals surface area contributed by atoms with E-state index in [0.717, 1.165) is 44.5 Å². The highest BCUT2D eigenvalue weighted by Gasteiger charge is 2.16. The van der Waals surface area contributed by atoms with E-state index in [-0.39, 0.29) is 18.6 Å². The van der Waals surface area contributed by atoms with Crippen molar-refractivity contribution in [3.8, 4) is 23.7 Å². The predicted molar refractivity (Wildman–Crippen MR) is 165 cm³/mol. The molecule has 4 aromatic carbocycles. The monoisotopic (exact) mass is 552 g/mol. The maximum absolute atomic E-state index is 9.01. The van der Waals surface area contributed by atoms with Crippen LogP contribution in [0.4, 0.5) is 0 Å². The average Bonchev–Trinajstić information content (AvgIpc) is 2.98. The van der Waals surface area contributed by atoms with E-state index in [9.17, 15) is 0 Å². The number of alkyl halides is 2. The summed E-state index contributed by atoms with van der Waals surface area (Å²) in [6.45, 7) is 0.135. The van der Waals surface area contributed by atoms with Gasteiger partial charge < -0.3 is 10.2 Å². The Labute approximate surface area is 241 Å². The molecule has 0 amide bonds. The van der Waals surface area contributed by atoms with E-state index in [1.807, 2.05) is 36.4 Å². The summed E-state index contributed by atoms with van der Waals surface area (Å²) in [5, 5.41) is 18.2. The van der Waals surface area contributed by atoms with Crippen LogP contribution in [0.15, 0.2) is 109 Å². The molecule has 4 rings (SSSR count). The molecule has 2 nitrogen and oxygen atoms in total. The van der Waals surface area contributed by atoms with Crippen molar-refractivity contribution in [3.05, 3.63) is 143 Å². The smallest absolute Gasteiger partial charge is 0.0967 e. The quantitative estimate of drug-likeness (QED) is 0.147. The van der Waals surface area contributed by atoms with Crippen molar-refractivity contribution >= 4 is 34.3 Å². The number of aliphatic hydroxyl groups excluding tert-OH is 2. The average molecular weight is 554 g/mol. The van der Waals surface area contributed by atoms with E-state index in [1.165, 1.54) is 0 Å². The number of hydrogen-bond acceptors (Lipinski definition) is 2. The van der Waals surface area contributed by atoms with Crippen LogP contribution in [0.25, 0.3) is 11.1 Å². The van der Waals surface area contributed by atoms with Gasteiger partial charge in [-0.1, -0.05) is 109 Å². The summed E-state index contributed by atoms with van der Waals surface area (Å²) >= 11 is 9.53. The third-order valence-electron chi connectivity index (χ3n) is 5.66. The molecule has 0 saturated carbocycles. The number of aliphatic hydroxyl groups is 2. The van der Waals surface area contributed by atoms with Crippen LogP contribution < -0.4 is 0 Å². The Morgan fingerprint density at radius 2 is 0.795 bits per heavy atom. The van der Waals surface area contributed by atoms with Crippen molar-refractivity contribution in [3.63, 3.8) is 0 Å². The van der Waals surface area contributed by atoms with Gasteiger partial charge in [-0.15, -0.1) is 23.2 Å². The third-order valence-corrected chi connectivity index (χ3v) is 5.66. The Hall–Kier alpha value is -3.76. The van der Waals surface area contributed by atoms with Gasteiger partial charge in [0.2, 0.25) is 0 Å². The minimum absolute atomic E-state index is 0.0677. The van der Waals surface area contributed by atoms with E-state index in [2.05, 4.69) is 96.5 Å². The maximum Gasteiger partial charge on any atom is 0.0967 e. The lowest BCUT2D eigenvalue weighted by molar-refractivity contribution is 0.304. The maximum atomic E-state index is 9.01. The van der Waals surface area contributed by atoms with Gasteiger partial charge in [-0.25, -0.2) is 0 Å². The molecule has 0 aliphatic heterocycles. The minimum Gasteiger partial charge on any atom is -0.395 e. The number of rotatable bonds is 6. The van der Waals surface area contributed by atoms with Gasteiger partial charge in [0.1, 0.15) is 0 Å². The molecule has 0 heterocycles. The number of hydrogen-bond donors (Lipinski definition) is 2. The van der Waals surface area contributed by atoms with E-state index >= 15 is 0 Å². The van der Waals surface area contributed by atoms with Gasteiger partial charge in [0.05, 0.1) is 18.6 Å². The second-order valence-electron chi connectivity index (χ2n) is 8.29. The first-order valence-electron chi connectivity index (χ1n) is 12.6. The molecule has 0 radical (unpaired) electrons. The molecule has 0 aliphatic carbocycles. The molecule has 0 atom stereocenters. The summed E-state index contributed by atoms with van der Waals surface area (Å²) in [5.74, 6) is 12.2. The molecule has 0 spiro atoms. The topological polar surface area (TPSA) is 40.5 Å². The van der Waals surface area contributed by atoms with E-state index < -0.39 is 0 Å². The fourth-order valence-corrected chi connectivity index (χ4v) is 4.00. The van der Waals surface area contributed by atoms with Crippen LogP contribution in [-0.2, 0) is 0 Å². The van der Waals surface area contributed by atoms with Gasteiger partial charge in [-0.2, -0.15) is 0 Å². The van der Waals surface area contributed by atoms with Gasteiger partial charge in [0.15, 0.2) is 0 Å². The zero-order valence-corrected chi connectivity index (χ0v) is 23.1. The van der Waals surface area contributed by atoms with Crippen LogP contribution in [0.2, 0.25) is 0 Å². The zero-order valence-electron chi connectivity index (χ0n) is 21.6. The van der Waals surface area contributed by atoms with Crippen molar-refractivity contribution in [1.29, 1.82) is 0 Å². The molecule has 0 bridgehead atoms. The van der Waals surface area contributed by atoms with Crippen molar-refractivity contribution < 1.29 is 10.2 Å². The van der Waals surface area contributed by atoms with Gasteiger partial charge in [-0.05, 0) is 57.7 Å². The molecule has 4 heteroatoms. The van der Waals surface area contributed by atoms with Gasteiger partial charge in [-0.3, -0.25) is 0 Å². The lowest BCUT2D eigenvalue weighted by Crippen LogP contribution is -1.98. The summed E-state index contributed by atoms with van der Waals surface area (Å²) in [4.78, 5) is 0. The Morgan fingerprint density at radius 1 is 0.487 bits per heavy atom. The Bertz CT molecular complexity index is 1320. The van der Waals surface area contributed by atoms with E-state index in [4.69, 9.17) is 33.4 Å². The fourth-order valence-electron chi connectivity index (χ4n) is 4.00. The van der Waals surface area contributed by atoms with Gasteiger partial charge >= 0.3 is 0 Å². The highest BCUT2D eigenvalue weighted by atomic mass is 35.5. The van der Waals surface area contributed by atoms with Crippen LogP contribution in [0.3, 0.4) is 0 Å². The summed E-state index contributed by atoms with van der Waals surface area (Å²) in [5.41, 5.74) is 8.56. The molecule has 0 aromatic heterocycles. The molecule has 0 unspecified atom stereocenters. The normalized spacial score (nSPS) is 10.6. The number of benzene rings is 4. The fraction of sp³-hybridized carbons (Fsp3) is 0.143. The standard InChI is InChI=1S/C34H28O2.CH2Cl2/c35-25-9-7-11-27-17-21-31(22-18-27)33(29-13-3-1-4-14-29)34(30-15-5-2-6-16-30)32-23-19-28(20-24-32)12-8-10-26-36;2-1-3/h1-6,13-24,35-36H,9-10,25-26H2;1H2/b34-33+;. The molecule has 2 N–H and O–H groups in total. The third kappa shape index (κ3) is 9.19. The summed E-state index contributed by atoms with van der Waals surface area (Å²) in [6.07, 6.45) is 0.935. The first-order valence-corrected chi connectivity index (χ1v) is 13.7. The summed E-state index contributed by atoms with van der Waals surface area (Å²) in [7, 11) is 0. The van der Waals surface area contributed by atoms with Crippen molar-refractivity contribution in [2.24, 2.45) is 0 Å². The Balaban J connectivity index is 0.00000134. The van der Waals surface area contributed by atoms with Crippen molar-refractivity contribution in [2.45, 2.75) is 12.8 Å². The lowest BCUT2D eigenvalue weighted by Gasteiger charge is -2.18. The second kappa shape index (κ2) is 17.0. The Morgan fingerprint density at radius 3 is 1.10 bits per heavy atom. The minimum atomic E-state index is 0.0677. The molecule has 0 saturated heterocycles. The SMILES string of the molecule is ClCCl.OCCC#Cc1ccc(/C(=C(\c2ccccc2)c2ccc(C#CCCO)cc2)c2ccccc2)cc1. The largest absolute Gasteiger partial charge is 0.395 e. The summed E-state index contributed by atoms with van der Waals surface area (Å²) < 4.78 is 0. The molecule has 0 fully saturated rings. The lowest BCUT2D eigenvalue weighted by atomic mass is 9.85.